The molecule has 0 aliphatic carbocycles. The molecule has 0 N–H and O–H groups in total. The Morgan fingerprint density at radius 2 is 1.83 bits per heavy atom. The van der Waals surface area contributed by atoms with Crippen LogP contribution in [-0.4, -0.2) is 71.6 Å². The third kappa shape index (κ3) is 4.63. The van der Waals surface area contributed by atoms with E-state index in [1.165, 1.54) is 0 Å². The summed E-state index contributed by atoms with van der Waals surface area (Å²) in [7, 11) is 2.15. The number of aromatic nitrogens is 2. The first-order valence-corrected chi connectivity index (χ1v) is 13.0. The molecule has 3 heterocycles. The van der Waals surface area contributed by atoms with Crippen LogP contribution in [0.25, 0.3) is 16.6 Å². The van der Waals surface area contributed by atoms with Crippen LogP contribution in [0.2, 0.25) is 0 Å². The van der Waals surface area contributed by atoms with Gasteiger partial charge in [0.05, 0.1) is 29.7 Å². The maximum Gasteiger partial charge on any atom is 0.266 e. The lowest BCUT2D eigenvalue weighted by Gasteiger charge is -2.29. The van der Waals surface area contributed by atoms with Gasteiger partial charge in [0.2, 0.25) is 5.91 Å². The Balaban J connectivity index is 1.71. The van der Waals surface area contributed by atoms with Gasteiger partial charge >= 0.3 is 0 Å². The van der Waals surface area contributed by atoms with E-state index in [0.717, 1.165) is 62.2 Å². The van der Waals surface area contributed by atoms with E-state index in [1.807, 2.05) is 43.3 Å². The smallest absolute Gasteiger partial charge is 0.266 e. The molecule has 0 atom stereocenters. The number of aryl methyl sites for hydroxylation is 1. The van der Waals surface area contributed by atoms with Gasteiger partial charge in [0.25, 0.3) is 5.56 Å². The molecule has 8 nitrogen and oxygen atoms in total. The fourth-order valence-corrected chi connectivity index (χ4v) is 5.44. The molecule has 2 aliphatic rings. The number of para-hydroxylation sites is 2. The molecule has 0 spiro atoms. The largest absolute Gasteiger partial charge is 0.492 e. The molecule has 8 heteroatoms. The van der Waals surface area contributed by atoms with Crippen LogP contribution in [0.3, 0.4) is 0 Å². The molecule has 1 amide bonds. The highest BCUT2D eigenvalue weighted by molar-refractivity contribution is 5.97. The molecule has 1 fully saturated rings. The Morgan fingerprint density at radius 1 is 1.00 bits per heavy atom. The molecule has 1 saturated heterocycles. The van der Waals surface area contributed by atoms with E-state index < -0.39 is 0 Å². The van der Waals surface area contributed by atoms with E-state index in [0.29, 0.717) is 42.3 Å². The van der Waals surface area contributed by atoms with Crippen LogP contribution >= 0.6 is 0 Å². The topological polar surface area (TPSA) is 70.9 Å². The van der Waals surface area contributed by atoms with Crippen molar-refractivity contribution >= 4 is 22.5 Å². The molecule has 0 unspecified atom stereocenters. The van der Waals surface area contributed by atoms with Crippen LogP contribution in [0.4, 0.5) is 5.69 Å². The zero-order valence-electron chi connectivity index (χ0n) is 21.5. The predicted molar refractivity (Wildman–Crippen MR) is 142 cm³/mol. The monoisotopic (exact) mass is 489 g/mol. The van der Waals surface area contributed by atoms with Crippen LogP contribution in [0.5, 0.6) is 5.75 Å². The van der Waals surface area contributed by atoms with Crippen LogP contribution in [-0.2, 0) is 17.8 Å². The summed E-state index contributed by atoms with van der Waals surface area (Å²) in [4.78, 5) is 38.1. The highest BCUT2D eigenvalue weighted by Gasteiger charge is 2.26. The molecule has 1 aromatic heterocycles. The number of benzene rings is 2. The molecule has 190 valence electrons. The number of anilines is 1. The lowest BCUT2D eigenvalue weighted by atomic mass is 9.98. The van der Waals surface area contributed by atoms with E-state index in [4.69, 9.17) is 9.72 Å². The number of hydrogen-bond acceptors (Lipinski definition) is 6. The van der Waals surface area contributed by atoms with Crippen molar-refractivity contribution in [1.82, 2.24) is 19.4 Å². The number of carbonyl (C=O) groups excluding carboxylic acids is 1. The summed E-state index contributed by atoms with van der Waals surface area (Å²) >= 11 is 0. The maximum absolute atomic E-state index is 14.1. The molecule has 0 radical (unpaired) electrons. The minimum absolute atomic E-state index is 0.0168. The number of amides is 1. The number of hydrogen-bond donors (Lipinski definition) is 0. The summed E-state index contributed by atoms with van der Waals surface area (Å²) in [5.41, 5.74) is 3.20. The Bertz CT molecular complexity index is 1330. The van der Waals surface area contributed by atoms with Crippen LogP contribution in [0, 0.1) is 0 Å². The van der Waals surface area contributed by atoms with E-state index in [2.05, 4.69) is 16.8 Å². The normalized spacial score (nSPS) is 17.1. The van der Waals surface area contributed by atoms with Gasteiger partial charge in [-0.05, 0) is 70.6 Å². The molecular formula is C28H35N5O3. The van der Waals surface area contributed by atoms with Crippen LogP contribution < -0.4 is 15.2 Å². The van der Waals surface area contributed by atoms with Gasteiger partial charge in [-0.25, -0.2) is 4.98 Å². The molecule has 0 bridgehead atoms. The summed E-state index contributed by atoms with van der Waals surface area (Å²) in [5.74, 6) is 1.39. The van der Waals surface area contributed by atoms with Gasteiger partial charge in [0.1, 0.15) is 11.6 Å². The fourth-order valence-electron chi connectivity index (χ4n) is 5.44. The Kier molecular flexibility index (Phi) is 7.07. The summed E-state index contributed by atoms with van der Waals surface area (Å²) < 4.78 is 7.65. The predicted octanol–water partition coefficient (Wildman–Crippen LogP) is 3.22. The minimum atomic E-state index is -0.100. The Morgan fingerprint density at radius 3 is 2.64 bits per heavy atom. The molecule has 2 aliphatic heterocycles. The number of nitrogens with zero attached hydrogens (tertiary/aromatic N) is 5. The van der Waals surface area contributed by atoms with E-state index >= 15 is 0 Å². The lowest BCUT2D eigenvalue weighted by Crippen LogP contribution is -2.35. The fraction of sp³-hybridized carbons (Fsp3) is 0.464. The van der Waals surface area contributed by atoms with Crippen molar-refractivity contribution in [3.05, 3.63) is 58.1 Å². The number of carbonyl (C=O) groups is 1. The highest BCUT2D eigenvalue weighted by atomic mass is 16.5. The molecule has 3 aromatic rings. The van der Waals surface area contributed by atoms with E-state index in [1.54, 1.807) is 16.4 Å². The highest BCUT2D eigenvalue weighted by Crippen LogP contribution is 2.33. The summed E-state index contributed by atoms with van der Waals surface area (Å²) in [6.07, 6.45) is 2.74. The maximum atomic E-state index is 14.1. The second-order valence-corrected chi connectivity index (χ2v) is 9.74. The van der Waals surface area contributed by atoms with E-state index in [9.17, 15) is 9.59 Å². The van der Waals surface area contributed by atoms with Gasteiger partial charge in [-0.3, -0.25) is 19.1 Å². The Hall–Kier alpha value is -3.23. The first-order valence-electron chi connectivity index (χ1n) is 13.0. The molecule has 2 aromatic carbocycles. The van der Waals surface area contributed by atoms with Crippen molar-refractivity contribution < 1.29 is 9.53 Å². The van der Waals surface area contributed by atoms with Crippen molar-refractivity contribution in [3.63, 3.8) is 0 Å². The summed E-state index contributed by atoms with van der Waals surface area (Å²) in [6.45, 7) is 9.23. The SMILES string of the molecule is CCOc1ccccc1-n1c(CN2CCCN(C)CC2)nc2c3c(ccc2c1=O)N(C(C)=O)CCC3. The zero-order chi connectivity index (χ0) is 25.2. The lowest BCUT2D eigenvalue weighted by molar-refractivity contribution is -0.116. The van der Waals surface area contributed by atoms with Crippen molar-refractivity contribution in [2.24, 2.45) is 0 Å². The first-order chi connectivity index (χ1) is 17.5. The van der Waals surface area contributed by atoms with Crippen molar-refractivity contribution in [2.45, 2.75) is 39.7 Å². The standard InChI is InChI=1S/C28H35N5O3/c1-4-36-25-11-6-5-10-24(25)33-26(19-31-15-8-14-30(3)17-18-31)29-27-21-9-7-16-32(20(2)34)23(21)13-12-22(27)28(33)35/h5-6,10-13H,4,7-9,14-19H2,1-3H3. The molecule has 0 saturated carbocycles. The number of likely N-dealkylation sites (N-methyl/N-ethyl adjacent to an activating group) is 1. The molecule has 36 heavy (non-hydrogen) atoms. The Labute approximate surface area is 212 Å². The number of rotatable bonds is 5. The van der Waals surface area contributed by atoms with Gasteiger partial charge in [-0.15, -0.1) is 0 Å². The zero-order valence-corrected chi connectivity index (χ0v) is 21.5. The first kappa shape index (κ1) is 24.5. The third-order valence-electron chi connectivity index (χ3n) is 7.25. The van der Waals surface area contributed by atoms with Crippen molar-refractivity contribution in [3.8, 4) is 11.4 Å². The van der Waals surface area contributed by atoms with Gasteiger partial charge < -0.3 is 14.5 Å². The van der Waals surface area contributed by atoms with Crippen molar-refractivity contribution in [2.75, 3.05) is 51.3 Å². The quantitative estimate of drug-likeness (QED) is 0.548. The van der Waals surface area contributed by atoms with Gasteiger partial charge in [-0.2, -0.15) is 0 Å². The average molecular weight is 490 g/mol. The number of ether oxygens (including phenoxy) is 1. The van der Waals surface area contributed by atoms with Gasteiger partial charge in [-0.1, -0.05) is 12.1 Å². The average Bonchev–Trinajstić information content (AvgIpc) is 3.08. The molecular weight excluding hydrogens is 454 g/mol. The third-order valence-corrected chi connectivity index (χ3v) is 7.25. The minimum Gasteiger partial charge on any atom is -0.492 e. The summed E-state index contributed by atoms with van der Waals surface area (Å²) in [5, 5.41) is 0.574. The molecule has 5 rings (SSSR count). The van der Waals surface area contributed by atoms with Crippen molar-refractivity contribution in [1.29, 1.82) is 0 Å². The second-order valence-electron chi connectivity index (χ2n) is 9.74. The van der Waals surface area contributed by atoms with Gasteiger partial charge in [0, 0.05) is 37.8 Å². The number of fused-ring (bicyclic) bond motifs is 3. The van der Waals surface area contributed by atoms with E-state index in [-0.39, 0.29) is 11.5 Å². The second kappa shape index (κ2) is 10.4. The van der Waals surface area contributed by atoms with Gasteiger partial charge in [0.15, 0.2) is 0 Å². The summed E-state index contributed by atoms with van der Waals surface area (Å²) in [6, 6.07) is 11.4. The van der Waals surface area contributed by atoms with Crippen LogP contribution in [0.1, 0.15) is 38.1 Å². The van der Waals surface area contributed by atoms with Crippen LogP contribution in [0.15, 0.2) is 41.2 Å².